The molecule has 2 bridgehead atoms. The molecule has 2 aliphatic rings. The van der Waals surface area contributed by atoms with E-state index >= 15 is 0 Å². The van der Waals surface area contributed by atoms with Gasteiger partial charge in [-0.05, 0) is 18.3 Å². The molecule has 3 atom stereocenters. The molecule has 2 saturated carbocycles. The second-order valence-corrected chi connectivity index (χ2v) is 2.91. The summed E-state index contributed by atoms with van der Waals surface area (Å²) in [5.41, 5.74) is 0. The Bertz CT molecular complexity index is 98.6. The maximum absolute atomic E-state index is 7.52. The molecule has 0 unspecified atom stereocenters. The predicted molar refractivity (Wildman–Crippen MR) is 30.1 cm³/mol. The zero-order valence-corrected chi connectivity index (χ0v) is 4.56. The molecule has 2 rings (SSSR count). The molecular weight excluding hydrogens is 84.1 g/mol. The smallest absolute Gasteiger partial charge is 0.0269 e. The number of rotatable bonds is 0. The standard InChI is InChI=1S/C7H12/c1-2-7-4-3-6(1)5-7/h6-7H,1-5H2/t6-,7+/i1D/t1-,6-,7+/m1/s1. The van der Waals surface area contributed by atoms with Crippen LogP contribution >= 0.6 is 0 Å². The van der Waals surface area contributed by atoms with Gasteiger partial charge in [-0.1, -0.05) is 25.7 Å². The minimum Gasteiger partial charge on any atom is -0.0502 e. The Labute approximate surface area is 46.3 Å². The molecule has 0 aromatic heterocycles. The molecule has 0 spiro atoms. The first-order valence-corrected chi connectivity index (χ1v) is 3.28. The van der Waals surface area contributed by atoms with Crippen molar-refractivity contribution in [2.24, 2.45) is 11.8 Å². The van der Waals surface area contributed by atoms with E-state index in [9.17, 15) is 0 Å². The van der Waals surface area contributed by atoms with E-state index in [2.05, 4.69) is 0 Å². The van der Waals surface area contributed by atoms with Crippen LogP contribution in [0.15, 0.2) is 0 Å². The van der Waals surface area contributed by atoms with Crippen LogP contribution in [0.5, 0.6) is 0 Å². The Kier molecular flexibility index (Phi) is 0.551. The summed E-state index contributed by atoms with van der Waals surface area (Å²) in [7, 11) is 0. The maximum Gasteiger partial charge on any atom is 0.0269 e. The molecule has 0 aliphatic heterocycles. The fourth-order valence-corrected chi connectivity index (χ4v) is 1.93. The molecule has 0 saturated heterocycles. The number of fused-ring (bicyclic) bond motifs is 2. The maximum atomic E-state index is 7.52. The summed E-state index contributed by atoms with van der Waals surface area (Å²) in [4.78, 5) is 0. The molecule has 0 heteroatoms. The topological polar surface area (TPSA) is 0 Å². The van der Waals surface area contributed by atoms with Crippen LogP contribution in [0.2, 0.25) is 0 Å². The predicted octanol–water partition coefficient (Wildman–Crippen LogP) is 2.20. The fraction of sp³-hybridized carbons (Fsp3) is 1.00. The van der Waals surface area contributed by atoms with Crippen molar-refractivity contribution < 1.29 is 1.37 Å². The molecule has 2 aliphatic carbocycles. The summed E-state index contributed by atoms with van der Waals surface area (Å²) in [6.07, 6.45) is 5.71. The van der Waals surface area contributed by atoms with Gasteiger partial charge in [-0.15, -0.1) is 0 Å². The Morgan fingerprint density at radius 2 is 2.00 bits per heavy atom. The summed E-state index contributed by atoms with van der Waals surface area (Å²) in [5.74, 6) is 1.77. The second kappa shape index (κ2) is 1.24. The van der Waals surface area contributed by atoms with Crippen LogP contribution in [-0.2, 0) is 0 Å². The molecule has 7 heavy (non-hydrogen) atoms. The quantitative estimate of drug-likeness (QED) is 0.434. The highest BCUT2D eigenvalue weighted by atomic mass is 14.4. The molecule has 0 aromatic carbocycles. The summed E-state index contributed by atoms with van der Waals surface area (Å²) in [6, 6.07) is 0. The monoisotopic (exact) mass is 97.1 g/mol. The normalized spacial score (nSPS) is 60.6. The molecule has 40 valence electrons. The zero-order valence-electron chi connectivity index (χ0n) is 5.56. The van der Waals surface area contributed by atoms with Crippen molar-refractivity contribution in [3.05, 3.63) is 0 Å². The minimum atomic E-state index is 0.328. The van der Waals surface area contributed by atoms with Gasteiger partial charge in [0.2, 0.25) is 0 Å². The van der Waals surface area contributed by atoms with Crippen LogP contribution in [-0.4, -0.2) is 0 Å². The lowest BCUT2D eigenvalue weighted by Crippen LogP contribution is -1.90. The van der Waals surface area contributed by atoms with E-state index in [1.165, 1.54) is 25.7 Å². The van der Waals surface area contributed by atoms with Crippen molar-refractivity contribution in [2.45, 2.75) is 32.1 Å². The fourth-order valence-electron chi connectivity index (χ4n) is 1.93. The van der Waals surface area contributed by atoms with Crippen LogP contribution < -0.4 is 0 Å². The van der Waals surface area contributed by atoms with Crippen LogP contribution in [0.1, 0.15) is 33.5 Å². The van der Waals surface area contributed by atoms with E-state index in [0.29, 0.717) is 6.40 Å². The summed E-state index contributed by atoms with van der Waals surface area (Å²) in [6.45, 7) is 0. The van der Waals surface area contributed by atoms with Crippen molar-refractivity contribution in [3.8, 4) is 0 Å². The lowest BCUT2D eigenvalue weighted by molar-refractivity contribution is 0.480. The van der Waals surface area contributed by atoms with Gasteiger partial charge in [0.15, 0.2) is 0 Å². The van der Waals surface area contributed by atoms with Crippen molar-refractivity contribution in [3.63, 3.8) is 0 Å². The van der Waals surface area contributed by atoms with Gasteiger partial charge in [0.1, 0.15) is 0 Å². The SMILES string of the molecule is [2H][C@@H]1C[C@H]2CC[C@@H]1C2. The van der Waals surface area contributed by atoms with Gasteiger partial charge >= 0.3 is 0 Å². The Hall–Kier alpha value is 0. The van der Waals surface area contributed by atoms with Crippen LogP contribution in [0.3, 0.4) is 0 Å². The molecule has 0 nitrogen and oxygen atoms in total. The number of hydrogen-bond donors (Lipinski definition) is 0. The summed E-state index contributed by atoms with van der Waals surface area (Å²) < 4.78 is 7.52. The lowest BCUT2D eigenvalue weighted by atomic mass is 10.0. The van der Waals surface area contributed by atoms with Crippen LogP contribution in [0.4, 0.5) is 0 Å². The molecule has 2 fully saturated rings. The minimum absolute atomic E-state index is 0.328. The number of hydrogen-bond acceptors (Lipinski definition) is 0. The first-order chi connectivity index (χ1) is 3.86. The highest BCUT2D eigenvalue weighted by Gasteiger charge is 2.30. The summed E-state index contributed by atoms with van der Waals surface area (Å²) in [5, 5.41) is 0. The van der Waals surface area contributed by atoms with Gasteiger partial charge in [-0.25, -0.2) is 0 Å². The largest absolute Gasteiger partial charge is 0.0502 e. The van der Waals surface area contributed by atoms with Crippen molar-refractivity contribution in [2.75, 3.05) is 0 Å². The Morgan fingerprint density at radius 1 is 1.14 bits per heavy atom. The van der Waals surface area contributed by atoms with E-state index in [4.69, 9.17) is 1.37 Å². The third kappa shape index (κ3) is 0.490. The average molecular weight is 97.2 g/mol. The van der Waals surface area contributed by atoms with Crippen LogP contribution in [0.25, 0.3) is 0 Å². The Balaban J connectivity index is 2.11. The third-order valence-corrected chi connectivity index (χ3v) is 2.38. The average Bonchev–Trinajstić information content (AvgIpc) is 2.23. The van der Waals surface area contributed by atoms with Gasteiger partial charge < -0.3 is 0 Å². The molecule has 0 aromatic rings. The third-order valence-electron chi connectivity index (χ3n) is 2.38. The molecule has 0 heterocycles. The van der Waals surface area contributed by atoms with E-state index in [-0.39, 0.29) is 0 Å². The van der Waals surface area contributed by atoms with Gasteiger partial charge in [-0.2, -0.15) is 0 Å². The molecule has 0 radical (unpaired) electrons. The van der Waals surface area contributed by atoms with E-state index in [1.807, 2.05) is 0 Å². The highest BCUT2D eigenvalue weighted by molar-refractivity contribution is 4.82. The first kappa shape index (κ1) is 3.11. The van der Waals surface area contributed by atoms with E-state index in [0.717, 1.165) is 11.8 Å². The van der Waals surface area contributed by atoms with Crippen molar-refractivity contribution in [1.29, 1.82) is 0 Å². The summed E-state index contributed by atoms with van der Waals surface area (Å²) >= 11 is 0. The van der Waals surface area contributed by atoms with Gasteiger partial charge in [0.25, 0.3) is 0 Å². The molecular formula is C7H12. The van der Waals surface area contributed by atoms with E-state index < -0.39 is 0 Å². The lowest BCUT2D eigenvalue weighted by Gasteiger charge is -2.05. The Morgan fingerprint density at radius 3 is 2.29 bits per heavy atom. The molecule has 0 amide bonds. The van der Waals surface area contributed by atoms with E-state index in [1.54, 1.807) is 0 Å². The molecule has 0 N–H and O–H groups in total. The van der Waals surface area contributed by atoms with Gasteiger partial charge in [-0.3, -0.25) is 0 Å². The second-order valence-electron chi connectivity index (χ2n) is 2.91. The van der Waals surface area contributed by atoms with Crippen molar-refractivity contribution >= 4 is 0 Å². The highest BCUT2D eigenvalue weighted by Crippen LogP contribution is 2.43. The zero-order chi connectivity index (χ0) is 5.56. The first-order valence-electron chi connectivity index (χ1n) is 3.86. The van der Waals surface area contributed by atoms with Gasteiger partial charge in [0.05, 0.1) is 0 Å². The van der Waals surface area contributed by atoms with Crippen LogP contribution in [0, 0.1) is 11.8 Å². The van der Waals surface area contributed by atoms with Gasteiger partial charge in [0, 0.05) is 1.37 Å². The van der Waals surface area contributed by atoms with Crippen molar-refractivity contribution in [1.82, 2.24) is 0 Å².